The molecule has 0 bridgehead atoms. The van der Waals surface area contributed by atoms with Crippen molar-refractivity contribution in [2.75, 3.05) is 0 Å². The van der Waals surface area contributed by atoms with Crippen molar-refractivity contribution in [2.24, 2.45) is 0 Å². The van der Waals surface area contributed by atoms with Gasteiger partial charge < -0.3 is 4.57 Å². The lowest BCUT2D eigenvalue weighted by atomic mass is 9.98. The molecule has 0 saturated heterocycles. The molecule has 10 rings (SSSR count). The van der Waals surface area contributed by atoms with Crippen LogP contribution in [0.2, 0.25) is 0 Å². The van der Waals surface area contributed by atoms with E-state index in [4.69, 9.17) is 0 Å². The predicted molar refractivity (Wildman–Crippen MR) is 197 cm³/mol. The van der Waals surface area contributed by atoms with Gasteiger partial charge in [-0.05, 0) is 70.8 Å². The van der Waals surface area contributed by atoms with Gasteiger partial charge >= 0.3 is 0 Å². The third kappa shape index (κ3) is 3.72. The van der Waals surface area contributed by atoms with Crippen LogP contribution in [0.3, 0.4) is 0 Å². The van der Waals surface area contributed by atoms with Crippen molar-refractivity contribution in [3.8, 4) is 27.9 Å². The Labute approximate surface area is 267 Å². The third-order valence-electron chi connectivity index (χ3n) is 9.21. The van der Waals surface area contributed by atoms with Crippen LogP contribution >= 0.6 is 22.7 Å². The van der Waals surface area contributed by atoms with Gasteiger partial charge in [0.25, 0.3) is 0 Å². The van der Waals surface area contributed by atoms with Gasteiger partial charge in [0.2, 0.25) is 0 Å². The average molecular weight is 608 g/mol. The van der Waals surface area contributed by atoms with E-state index < -0.39 is 0 Å². The summed E-state index contributed by atoms with van der Waals surface area (Å²) < 4.78 is 7.78. The first kappa shape index (κ1) is 25.1. The molecule has 3 heterocycles. The number of benzene rings is 7. The molecule has 0 unspecified atom stereocenters. The van der Waals surface area contributed by atoms with Gasteiger partial charge in [0.1, 0.15) is 0 Å². The molecule has 0 aliphatic carbocycles. The molecule has 0 fully saturated rings. The van der Waals surface area contributed by atoms with Crippen LogP contribution < -0.4 is 0 Å². The molecule has 0 aliphatic rings. The standard InChI is InChI=1S/C42H25NS2/c1-2-10-28(11-3-1)43-37-22-20-26(29-14-8-16-33-31-12-4-6-18-39(31)44-41(29)33)24-35(37)36-25-27(21-23-38(36)43)30-15-9-17-34-32-13-5-7-19-40(32)45-42(30)34/h1-25H. The highest BCUT2D eigenvalue weighted by atomic mass is 32.1. The van der Waals surface area contributed by atoms with Crippen LogP contribution in [0.1, 0.15) is 0 Å². The van der Waals surface area contributed by atoms with Crippen molar-refractivity contribution < 1.29 is 0 Å². The highest BCUT2D eigenvalue weighted by Gasteiger charge is 2.17. The van der Waals surface area contributed by atoms with E-state index in [0.717, 1.165) is 0 Å². The maximum atomic E-state index is 2.42. The number of aromatic nitrogens is 1. The third-order valence-corrected chi connectivity index (χ3v) is 11.6. The number of para-hydroxylation sites is 1. The Kier molecular flexibility index (Phi) is 5.39. The summed E-state index contributed by atoms with van der Waals surface area (Å²) in [7, 11) is 0. The first-order chi connectivity index (χ1) is 22.3. The Morgan fingerprint density at radius 3 is 1.36 bits per heavy atom. The molecule has 1 nitrogen and oxygen atoms in total. The van der Waals surface area contributed by atoms with Crippen LogP contribution in [0.15, 0.2) is 152 Å². The number of nitrogens with zero attached hydrogens (tertiary/aromatic N) is 1. The Bertz CT molecular complexity index is 2590. The number of thiophene rings is 2. The second-order valence-corrected chi connectivity index (χ2v) is 13.8. The quantitative estimate of drug-likeness (QED) is 0.188. The molecular formula is C42H25NS2. The van der Waals surface area contributed by atoms with Crippen LogP contribution in [0.4, 0.5) is 0 Å². The van der Waals surface area contributed by atoms with E-state index in [-0.39, 0.29) is 0 Å². The molecule has 0 atom stereocenters. The van der Waals surface area contributed by atoms with Gasteiger partial charge in [-0.1, -0.05) is 103 Å². The summed E-state index contributed by atoms with van der Waals surface area (Å²) in [5, 5.41) is 7.88. The Balaban J connectivity index is 1.25. The highest BCUT2D eigenvalue weighted by molar-refractivity contribution is 7.26. The summed E-state index contributed by atoms with van der Waals surface area (Å²) in [6.45, 7) is 0. The summed E-state index contributed by atoms with van der Waals surface area (Å²) in [6, 6.07) is 55.8. The lowest BCUT2D eigenvalue weighted by Crippen LogP contribution is -1.93. The molecule has 7 aromatic carbocycles. The molecule has 0 saturated carbocycles. The van der Waals surface area contributed by atoms with E-state index in [9.17, 15) is 0 Å². The fourth-order valence-corrected chi connectivity index (χ4v) is 9.64. The number of hydrogen-bond acceptors (Lipinski definition) is 2. The largest absolute Gasteiger partial charge is 0.309 e. The van der Waals surface area contributed by atoms with E-state index >= 15 is 0 Å². The normalized spacial score (nSPS) is 12.0. The molecule has 45 heavy (non-hydrogen) atoms. The van der Waals surface area contributed by atoms with Gasteiger partial charge in [-0.2, -0.15) is 0 Å². The maximum Gasteiger partial charge on any atom is 0.0541 e. The highest BCUT2D eigenvalue weighted by Crippen LogP contribution is 2.44. The Hall–Kier alpha value is -5.22. The van der Waals surface area contributed by atoms with E-state index in [2.05, 4.69) is 156 Å². The molecule has 3 aromatic heterocycles. The van der Waals surface area contributed by atoms with Gasteiger partial charge in [0.15, 0.2) is 0 Å². The SMILES string of the molecule is c1ccc(-n2c3ccc(-c4cccc5c4sc4ccccc45)cc3c3cc(-c4cccc5c4sc4ccccc45)ccc32)cc1. The van der Waals surface area contributed by atoms with Crippen LogP contribution in [-0.2, 0) is 0 Å². The summed E-state index contributed by atoms with van der Waals surface area (Å²) in [4.78, 5) is 0. The van der Waals surface area contributed by atoms with Gasteiger partial charge in [-0.25, -0.2) is 0 Å². The van der Waals surface area contributed by atoms with Gasteiger partial charge in [-0.15, -0.1) is 22.7 Å². The smallest absolute Gasteiger partial charge is 0.0541 e. The summed E-state index contributed by atoms with van der Waals surface area (Å²) in [5.41, 5.74) is 8.72. The van der Waals surface area contributed by atoms with Crippen LogP contribution in [-0.4, -0.2) is 4.57 Å². The second kappa shape index (κ2) is 9.64. The predicted octanol–water partition coefficient (Wildman–Crippen LogP) is 12.9. The minimum Gasteiger partial charge on any atom is -0.309 e. The van der Waals surface area contributed by atoms with Crippen LogP contribution in [0.25, 0.3) is 90.1 Å². The maximum absolute atomic E-state index is 2.42. The zero-order valence-electron chi connectivity index (χ0n) is 24.2. The molecule has 10 aromatic rings. The van der Waals surface area contributed by atoms with Crippen molar-refractivity contribution in [3.63, 3.8) is 0 Å². The molecular weight excluding hydrogens is 583 g/mol. The molecule has 0 aliphatic heterocycles. The zero-order chi connectivity index (χ0) is 29.5. The van der Waals surface area contributed by atoms with Crippen molar-refractivity contribution in [3.05, 3.63) is 152 Å². The molecule has 0 N–H and O–H groups in total. The number of fused-ring (bicyclic) bond motifs is 9. The Morgan fingerprint density at radius 1 is 0.356 bits per heavy atom. The lowest BCUT2D eigenvalue weighted by molar-refractivity contribution is 1.18. The van der Waals surface area contributed by atoms with Crippen molar-refractivity contribution >= 4 is 84.8 Å². The van der Waals surface area contributed by atoms with Gasteiger partial charge in [-0.3, -0.25) is 0 Å². The summed E-state index contributed by atoms with van der Waals surface area (Å²) >= 11 is 3.79. The second-order valence-electron chi connectivity index (χ2n) is 11.7. The number of hydrogen-bond donors (Lipinski definition) is 0. The van der Waals surface area contributed by atoms with Crippen molar-refractivity contribution in [1.82, 2.24) is 4.57 Å². The number of rotatable bonds is 3. The monoisotopic (exact) mass is 607 g/mol. The van der Waals surface area contributed by atoms with Crippen molar-refractivity contribution in [1.29, 1.82) is 0 Å². The minimum absolute atomic E-state index is 1.18. The van der Waals surface area contributed by atoms with Gasteiger partial charge in [0, 0.05) is 56.8 Å². The summed E-state index contributed by atoms with van der Waals surface area (Å²) in [6.07, 6.45) is 0. The molecule has 0 amide bonds. The lowest BCUT2D eigenvalue weighted by Gasteiger charge is -2.09. The van der Waals surface area contributed by atoms with E-state index in [1.165, 1.54) is 90.1 Å². The topological polar surface area (TPSA) is 4.93 Å². The fourth-order valence-electron chi connectivity index (χ4n) is 7.16. The summed E-state index contributed by atoms with van der Waals surface area (Å²) in [5.74, 6) is 0. The van der Waals surface area contributed by atoms with E-state index in [1.807, 2.05) is 22.7 Å². The van der Waals surface area contributed by atoms with Gasteiger partial charge in [0.05, 0.1) is 11.0 Å². The average Bonchev–Trinajstić information content (AvgIpc) is 3.77. The van der Waals surface area contributed by atoms with Crippen LogP contribution in [0.5, 0.6) is 0 Å². The zero-order valence-corrected chi connectivity index (χ0v) is 25.8. The van der Waals surface area contributed by atoms with E-state index in [1.54, 1.807) is 0 Å². The molecule has 0 radical (unpaired) electrons. The molecule has 210 valence electrons. The van der Waals surface area contributed by atoms with Crippen LogP contribution in [0, 0.1) is 0 Å². The molecule has 0 spiro atoms. The fraction of sp³-hybridized carbons (Fsp3) is 0. The van der Waals surface area contributed by atoms with Crippen molar-refractivity contribution in [2.45, 2.75) is 0 Å². The first-order valence-electron chi connectivity index (χ1n) is 15.3. The minimum atomic E-state index is 1.18. The van der Waals surface area contributed by atoms with E-state index in [0.29, 0.717) is 0 Å². The first-order valence-corrected chi connectivity index (χ1v) is 16.9. The molecule has 3 heteroatoms. The Morgan fingerprint density at radius 2 is 0.822 bits per heavy atom.